The van der Waals surface area contributed by atoms with Crippen LogP contribution in [0.2, 0.25) is 0 Å². The number of allylic oxidation sites excluding steroid dienone is 1. The smallest absolute Gasteiger partial charge is 0.0340 e. The Labute approximate surface area is 101 Å². The van der Waals surface area contributed by atoms with Crippen LogP contribution in [-0.2, 0) is 0 Å². The van der Waals surface area contributed by atoms with Crippen molar-refractivity contribution in [3.8, 4) is 0 Å². The molecule has 0 radical (unpaired) electrons. The Balaban J connectivity index is 0.000000325. The molecule has 1 aliphatic heterocycles. The van der Waals surface area contributed by atoms with Crippen LogP contribution in [0.15, 0.2) is 36.1 Å². The number of hydrogen-bond acceptors (Lipinski definition) is 1. The highest BCUT2D eigenvalue weighted by molar-refractivity contribution is 5.43. The van der Waals surface area contributed by atoms with Gasteiger partial charge in [-0.05, 0) is 24.5 Å². The second-order valence-electron chi connectivity index (χ2n) is 4.30. The largest absolute Gasteiger partial charge is 0.385 e. The summed E-state index contributed by atoms with van der Waals surface area (Å²) in [6.45, 7) is 15.2. The lowest BCUT2D eigenvalue weighted by Gasteiger charge is -2.17. The van der Waals surface area contributed by atoms with Gasteiger partial charge in [-0.25, -0.2) is 0 Å². The molecule has 1 nitrogen and oxygen atoms in total. The first-order valence-electron chi connectivity index (χ1n) is 6.42. The second kappa shape index (κ2) is 9.26. The molecule has 0 spiro atoms. The molecule has 1 aliphatic rings. The molecule has 0 aromatic rings. The molecule has 0 bridgehead atoms. The fourth-order valence-electron chi connectivity index (χ4n) is 1.59. The highest BCUT2D eigenvalue weighted by Gasteiger charge is 2.05. The first-order valence-corrected chi connectivity index (χ1v) is 6.42. The summed E-state index contributed by atoms with van der Waals surface area (Å²) in [6, 6.07) is 0. The molecule has 92 valence electrons. The van der Waals surface area contributed by atoms with Crippen molar-refractivity contribution in [3.05, 3.63) is 36.1 Å². The zero-order chi connectivity index (χ0) is 12.4. The molecule has 1 heterocycles. The van der Waals surface area contributed by atoms with Gasteiger partial charge >= 0.3 is 0 Å². The Kier molecular flexibility index (Phi) is 8.69. The number of nitrogens with one attached hydrogen (secondary N) is 1. The van der Waals surface area contributed by atoms with Crippen molar-refractivity contribution in [2.24, 2.45) is 0 Å². The second-order valence-corrected chi connectivity index (χ2v) is 4.30. The Bertz CT molecular complexity index is 244. The lowest BCUT2D eigenvalue weighted by Crippen LogP contribution is -2.19. The normalized spacial score (nSPS) is 14.4. The summed E-state index contributed by atoms with van der Waals surface area (Å²) in [7, 11) is 0. The average Bonchev–Trinajstić information content (AvgIpc) is 2.27. The van der Waals surface area contributed by atoms with Crippen LogP contribution in [0.5, 0.6) is 0 Å². The van der Waals surface area contributed by atoms with Crippen molar-refractivity contribution in [1.29, 1.82) is 0 Å². The molecular formula is C15H27N. The van der Waals surface area contributed by atoms with E-state index in [1.54, 1.807) is 0 Å². The van der Waals surface area contributed by atoms with E-state index in [-0.39, 0.29) is 0 Å². The van der Waals surface area contributed by atoms with E-state index >= 15 is 0 Å². The van der Waals surface area contributed by atoms with Gasteiger partial charge in [-0.1, -0.05) is 58.8 Å². The molecule has 1 N–H and O–H groups in total. The highest BCUT2D eigenvalue weighted by atomic mass is 14.9. The van der Waals surface area contributed by atoms with Crippen LogP contribution < -0.4 is 5.32 Å². The van der Waals surface area contributed by atoms with Crippen LogP contribution in [0.4, 0.5) is 0 Å². The van der Waals surface area contributed by atoms with E-state index in [1.807, 2.05) is 6.92 Å². The minimum Gasteiger partial charge on any atom is -0.385 e. The van der Waals surface area contributed by atoms with Crippen LogP contribution in [-0.4, -0.2) is 6.54 Å². The van der Waals surface area contributed by atoms with E-state index in [4.69, 9.17) is 0 Å². The maximum absolute atomic E-state index is 3.88. The minimum absolute atomic E-state index is 1.01. The fraction of sp³-hybridized carbons (Fsp3) is 0.600. The molecule has 0 fully saturated rings. The number of rotatable bonds is 4. The Hall–Kier alpha value is -0.980. The summed E-state index contributed by atoms with van der Waals surface area (Å²) in [5, 5.41) is 3.19. The highest BCUT2D eigenvalue weighted by Crippen LogP contribution is 2.17. The lowest BCUT2D eigenvalue weighted by molar-refractivity contribution is 0.702. The van der Waals surface area contributed by atoms with Gasteiger partial charge in [0.2, 0.25) is 0 Å². The van der Waals surface area contributed by atoms with Crippen molar-refractivity contribution < 1.29 is 0 Å². The van der Waals surface area contributed by atoms with E-state index in [0.717, 1.165) is 24.2 Å². The van der Waals surface area contributed by atoms with Crippen LogP contribution in [0.1, 0.15) is 52.9 Å². The van der Waals surface area contributed by atoms with E-state index in [9.17, 15) is 0 Å². The first kappa shape index (κ1) is 15.0. The van der Waals surface area contributed by atoms with Crippen LogP contribution in [0.25, 0.3) is 0 Å². The molecule has 0 aromatic heterocycles. The fourth-order valence-corrected chi connectivity index (χ4v) is 1.59. The van der Waals surface area contributed by atoms with E-state index in [2.05, 4.69) is 38.4 Å². The maximum atomic E-state index is 3.88. The minimum atomic E-state index is 1.01. The quantitative estimate of drug-likeness (QED) is 0.685. The number of unbranched alkanes of at least 4 members (excludes halogenated alkanes) is 3. The first-order chi connectivity index (χ1) is 7.63. The van der Waals surface area contributed by atoms with Gasteiger partial charge in [-0.3, -0.25) is 0 Å². The van der Waals surface area contributed by atoms with Crippen molar-refractivity contribution in [3.63, 3.8) is 0 Å². The van der Waals surface area contributed by atoms with Crippen molar-refractivity contribution >= 4 is 0 Å². The van der Waals surface area contributed by atoms with E-state index in [0.29, 0.717) is 0 Å². The molecule has 16 heavy (non-hydrogen) atoms. The van der Waals surface area contributed by atoms with Gasteiger partial charge in [0, 0.05) is 12.2 Å². The zero-order valence-electron chi connectivity index (χ0n) is 11.2. The van der Waals surface area contributed by atoms with Crippen LogP contribution in [0.3, 0.4) is 0 Å². The van der Waals surface area contributed by atoms with Gasteiger partial charge in [0.05, 0.1) is 0 Å². The predicted octanol–water partition coefficient (Wildman–Crippen LogP) is 4.58. The monoisotopic (exact) mass is 221 g/mol. The molecule has 0 aromatic carbocycles. The topological polar surface area (TPSA) is 12.0 Å². The lowest BCUT2D eigenvalue weighted by atomic mass is 10.0. The summed E-state index contributed by atoms with van der Waals surface area (Å²) in [5.41, 5.74) is 3.29. The predicted molar refractivity (Wildman–Crippen MR) is 74.5 cm³/mol. The van der Waals surface area contributed by atoms with Gasteiger partial charge in [0.1, 0.15) is 0 Å². The summed E-state index contributed by atoms with van der Waals surface area (Å²) in [6.07, 6.45) is 8.80. The van der Waals surface area contributed by atoms with Gasteiger partial charge < -0.3 is 5.32 Å². The van der Waals surface area contributed by atoms with Crippen LogP contribution >= 0.6 is 0 Å². The molecule has 0 unspecified atom stereocenters. The van der Waals surface area contributed by atoms with Gasteiger partial charge in [-0.15, -0.1) is 0 Å². The van der Waals surface area contributed by atoms with Gasteiger partial charge in [-0.2, -0.15) is 0 Å². The summed E-state index contributed by atoms with van der Waals surface area (Å²) < 4.78 is 0. The third-order valence-electron chi connectivity index (χ3n) is 2.57. The van der Waals surface area contributed by atoms with Gasteiger partial charge in [0.15, 0.2) is 0 Å². The molecule has 0 aliphatic carbocycles. The van der Waals surface area contributed by atoms with Crippen molar-refractivity contribution in [2.75, 3.05) is 6.54 Å². The molecule has 0 atom stereocenters. The van der Waals surface area contributed by atoms with Crippen LogP contribution in [0, 0.1) is 0 Å². The van der Waals surface area contributed by atoms with Crippen molar-refractivity contribution in [1.82, 2.24) is 5.32 Å². The molecule has 0 amide bonds. The Morgan fingerprint density at radius 2 is 1.88 bits per heavy atom. The number of hydrogen-bond donors (Lipinski definition) is 1. The third-order valence-corrected chi connectivity index (χ3v) is 2.57. The maximum Gasteiger partial charge on any atom is 0.0340 e. The van der Waals surface area contributed by atoms with Crippen molar-refractivity contribution in [2.45, 2.75) is 52.9 Å². The summed E-state index contributed by atoms with van der Waals surface area (Å²) in [5.74, 6) is 0. The molecule has 0 saturated heterocycles. The molecule has 1 rings (SSSR count). The van der Waals surface area contributed by atoms with E-state index in [1.165, 1.54) is 31.3 Å². The van der Waals surface area contributed by atoms with E-state index < -0.39 is 0 Å². The molecule has 1 heteroatoms. The zero-order valence-corrected chi connectivity index (χ0v) is 11.2. The average molecular weight is 221 g/mol. The SMILES string of the molecule is C=C(C)C1=CCCNC1=C.CCCCCC. The molecular weight excluding hydrogens is 194 g/mol. The standard InChI is InChI=1S/C9H13N.C6H14/c1-7(2)9-5-4-6-10-8(9)3;1-3-5-6-4-2/h5,10H,1,3-4,6H2,2H3;3-6H2,1-2H3. The Morgan fingerprint density at radius 3 is 2.19 bits per heavy atom. The third kappa shape index (κ3) is 6.49. The van der Waals surface area contributed by atoms with Gasteiger partial charge in [0.25, 0.3) is 0 Å². The Morgan fingerprint density at radius 1 is 1.31 bits per heavy atom. The molecule has 0 saturated carbocycles. The summed E-state index contributed by atoms with van der Waals surface area (Å²) in [4.78, 5) is 0. The summed E-state index contributed by atoms with van der Waals surface area (Å²) >= 11 is 0.